The third-order valence-corrected chi connectivity index (χ3v) is 3.74. The molecule has 1 N–H and O–H groups in total. The number of benzene rings is 2. The summed E-state index contributed by atoms with van der Waals surface area (Å²) in [4.78, 5) is 12.3. The number of carbonyl (C=O) groups excluding carboxylic acids is 1. The van der Waals surface area contributed by atoms with Crippen LogP contribution in [-0.4, -0.2) is 20.9 Å². The van der Waals surface area contributed by atoms with Gasteiger partial charge in [-0.25, -0.2) is 9.07 Å². The van der Waals surface area contributed by atoms with Gasteiger partial charge in [-0.2, -0.15) is 0 Å². The quantitative estimate of drug-likeness (QED) is 0.802. The van der Waals surface area contributed by atoms with E-state index in [1.165, 1.54) is 12.1 Å². The van der Waals surface area contributed by atoms with Crippen molar-refractivity contribution in [3.05, 3.63) is 77.4 Å². The number of hydrogen-bond acceptors (Lipinski definition) is 3. The van der Waals surface area contributed by atoms with Gasteiger partial charge in [-0.05, 0) is 43.7 Å². The van der Waals surface area contributed by atoms with Crippen LogP contribution in [0.25, 0.3) is 5.69 Å². The number of nitrogens with zero attached hydrogens (tertiary/aromatic N) is 3. The Labute approximate surface area is 139 Å². The van der Waals surface area contributed by atoms with E-state index in [9.17, 15) is 9.18 Å². The second kappa shape index (κ2) is 6.62. The van der Waals surface area contributed by atoms with Gasteiger partial charge in [-0.15, -0.1) is 5.10 Å². The largest absolute Gasteiger partial charge is 0.344 e. The van der Waals surface area contributed by atoms with E-state index < -0.39 is 0 Å². The van der Waals surface area contributed by atoms with E-state index in [0.29, 0.717) is 0 Å². The van der Waals surface area contributed by atoms with Gasteiger partial charge in [-0.3, -0.25) is 4.79 Å². The van der Waals surface area contributed by atoms with Gasteiger partial charge < -0.3 is 5.32 Å². The van der Waals surface area contributed by atoms with Crippen LogP contribution in [0, 0.1) is 12.7 Å². The Bertz CT molecular complexity index is 840. The van der Waals surface area contributed by atoms with Gasteiger partial charge in [-0.1, -0.05) is 35.0 Å². The van der Waals surface area contributed by atoms with E-state index in [1.807, 2.05) is 38.1 Å². The number of aromatic nitrogens is 3. The first-order valence-electron chi connectivity index (χ1n) is 7.58. The summed E-state index contributed by atoms with van der Waals surface area (Å²) < 4.78 is 14.5. The van der Waals surface area contributed by atoms with Crippen molar-refractivity contribution in [3.63, 3.8) is 0 Å². The van der Waals surface area contributed by atoms with E-state index in [1.54, 1.807) is 23.0 Å². The van der Waals surface area contributed by atoms with Gasteiger partial charge in [0.05, 0.1) is 17.9 Å². The highest BCUT2D eigenvalue weighted by Gasteiger charge is 2.15. The first-order chi connectivity index (χ1) is 11.5. The van der Waals surface area contributed by atoms with E-state index >= 15 is 0 Å². The second-order valence-electron chi connectivity index (χ2n) is 5.63. The molecule has 3 aromatic rings. The van der Waals surface area contributed by atoms with Crippen LogP contribution in [0.1, 0.15) is 34.6 Å². The van der Waals surface area contributed by atoms with Crippen LogP contribution in [0.4, 0.5) is 4.39 Å². The summed E-state index contributed by atoms with van der Waals surface area (Å²) in [6, 6.07) is 13.5. The lowest BCUT2D eigenvalue weighted by atomic mass is 10.1. The zero-order valence-electron chi connectivity index (χ0n) is 13.4. The first-order valence-corrected chi connectivity index (χ1v) is 7.58. The minimum absolute atomic E-state index is 0.226. The molecule has 0 radical (unpaired) electrons. The maximum atomic E-state index is 13.0. The van der Waals surface area contributed by atoms with Crippen molar-refractivity contribution < 1.29 is 9.18 Å². The van der Waals surface area contributed by atoms with Crippen molar-refractivity contribution in [1.82, 2.24) is 20.3 Å². The van der Waals surface area contributed by atoms with Crippen molar-refractivity contribution in [2.45, 2.75) is 19.9 Å². The second-order valence-corrected chi connectivity index (χ2v) is 5.63. The molecular weight excluding hydrogens is 307 g/mol. The summed E-state index contributed by atoms with van der Waals surface area (Å²) in [5.74, 6) is -0.636. The molecule has 24 heavy (non-hydrogen) atoms. The van der Waals surface area contributed by atoms with Crippen LogP contribution in [0.2, 0.25) is 0 Å². The maximum Gasteiger partial charge on any atom is 0.273 e. The Balaban J connectivity index is 1.71. The van der Waals surface area contributed by atoms with Crippen LogP contribution < -0.4 is 5.32 Å². The fourth-order valence-electron chi connectivity index (χ4n) is 2.30. The van der Waals surface area contributed by atoms with Crippen molar-refractivity contribution in [2.75, 3.05) is 0 Å². The van der Waals surface area contributed by atoms with Gasteiger partial charge in [0.25, 0.3) is 5.91 Å². The number of rotatable bonds is 4. The fourth-order valence-corrected chi connectivity index (χ4v) is 2.30. The lowest BCUT2D eigenvalue weighted by Crippen LogP contribution is -2.27. The number of nitrogens with one attached hydrogen (secondary N) is 1. The lowest BCUT2D eigenvalue weighted by Gasteiger charge is -2.13. The molecule has 1 heterocycles. The number of carbonyl (C=O) groups is 1. The monoisotopic (exact) mass is 324 g/mol. The van der Waals surface area contributed by atoms with E-state index in [0.717, 1.165) is 16.8 Å². The first kappa shape index (κ1) is 15.9. The standard InChI is InChI=1S/C18H17FN4O/c1-12-3-9-16(10-4-12)23-11-17(21-22-23)18(24)20-13(2)14-5-7-15(19)8-6-14/h3-11,13H,1-2H3,(H,20,24). The maximum absolute atomic E-state index is 13.0. The molecule has 5 nitrogen and oxygen atoms in total. The zero-order valence-corrected chi connectivity index (χ0v) is 13.4. The Kier molecular flexibility index (Phi) is 4.37. The predicted octanol–water partition coefficient (Wildman–Crippen LogP) is 3.21. The summed E-state index contributed by atoms with van der Waals surface area (Å²) in [5, 5.41) is 10.7. The number of hydrogen-bond donors (Lipinski definition) is 1. The molecule has 0 spiro atoms. The molecule has 0 bridgehead atoms. The zero-order chi connectivity index (χ0) is 17.1. The van der Waals surface area contributed by atoms with Crippen molar-refractivity contribution in [2.24, 2.45) is 0 Å². The molecule has 6 heteroatoms. The molecular formula is C18H17FN4O. The molecule has 1 unspecified atom stereocenters. The van der Waals surface area contributed by atoms with Crippen LogP contribution in [0.5, 0.6) is 0 Å². The Morgan fingerprint density at radius 1 is 1.12 bits per heavy atom. The third kappa shape index (κ3) is 3.48. The number of halogens is 1. The molecule has 1 atom stereocenters. The molecule has 0 aliphatic heterocycles. The van der Waals surface area contributed by atoms with Gasteiger partial charge in [0.1, 0.15) is 5.82 Å². The molecule has 0 aliphatic carbocycles. The van der Waals surface area contributed by atoms with Gasteiger partial charge in [0.15, 0.2) is 5.69 Å². The van der Waals surface area contributed by atoms with Crippen molar-refractivity contribution in [1.29, 1.82) is 0 Å². The van der Waals surface area contributed by atoms with Crippen molar-refractivity contribution >= 4 is 5.91 Å². The smallest absolute Gasteiger partial charge is 0.273 e. The van der Waals surface area contributed by atoms with E-state index in [2.05, 4.69) is 15.6 Å². The lowest BCUT2D eigenvalue weighted by molar-refractivity contribution is 0.0935. The van der Waals surface area contributed by atoms with E-state index in [4.69, 9.17) is 0 Å². The van der Waals surface area contributed by atoms with Gasteiger partial charge in [0, 0.05) is 0 Å². The molecule has 1 aromatic heterocycles. The Morgan fingerprint density at radius 2 is 1.79 bits per heavy atom. The topological polar surface area (TPSA) is 59.8 Å². The summed E-state index contributed by atoms with van der Waals surface area (Å²) in [6.45, 7) is 3.83. The van der Waals surface area contributed by atoms with Gasteiger partial charge >= 0.3 is 0 Å². The van der Waals surface area contributed by atoms with Crippen molar-refractivity contribution in [3.8, 4) is 5.69 Å². The summed E-state index contributed by atoms with van der Waals surface area (Å²) in [7, 11) is 0. The molecule has 1 amide bonds. The molecule has 2 aromatic carbocycles. The minimum Gasteiger partial charge on any atom is -0.344 e. The highest BCUT2D eigenvalue weighted by molar-refractivity contribution is 5.92. The number of amides is 1. The minimum atomic E-state index is -0.329. The number of aryl methyl sites for hydroxylation is 1. The van der Waals surface area contributed by atoms with Crippen LogP contribution in [0.3, 0.4) is 0 Å². The Hall–Kier alpha value is -3.02. The fraction of sp³-hybridized carbons (Fsp3) is 0.167. The average Bonchev–Trinajstić information content (AvgIpc) is 3.06. The molecule has 0 aliphatic rings. The summed E-state index contributed by atoms with van der Waals surface area (Å²) >= 11 is 0. The summed E-state index contributed by atoms with van der Waals surface area (Å²) in [6.07, 6.45) is 1.58. The van der Waals surface area contributed by atoms with Gasteiger partial charge in [0.2, 0.25) is 0 Å². The molecule has 0 saturated carbocycles. The normalized spacial score (nSPS) is 12.0. The molecule has 3 rings (SSSR count). The SMILES string of the molecule is Cc1ccc(-n2cc(C(=O)NC(C)c3ccc(F)cc3)nn2)cc1. The van der Waals surface area contributed by atoms with Crippen LogP contribution in [0.15, 0.2) is 54.7 Å². The highest BCUT2D eigenvalue weighted by Crippen LogP contribution is 2.14. The Morgan fingerprint density at radius 3 is 2.46 bits per heavy atom. The molecule has 122 valence electrons. The van der Waals surface area contributed by atoms with Crippen LogP contribution >= 0.6 is 0 Å². The average molecular weight is 324 g/mol. The molecule has 0 saturated heterocycles. The van der Waals surface area contributed by atoms with E-state index in [-0.39, 0.29) is 23.5 Å². The van der Waals surface area contributed by atoms with Crippen LogP contribution in [-0.2, 0) is 0 Å². The molecule has 0 fully saturated rings. The summed E-state index contributed by atoms with van der Waals surface area (Å²) in [5.41, 5.74) is 3.02. The third-order valence-electron chi connectivity index (χ3n) is 3.74. The predicted molar refractivity (Wildman–Crippen MR) is 88.4 cm³/mol. The highest BCUT2D eigenvalue weighted by atomic mass is 19.1.